The van der Waals surface area contributed by atoms with Gasteiger partial charge in [-0.1, -0.05) is 25.1 Å². The maximum absolute atomic E-state index is 12.1. The van der Waals surface area contributed by atoms with Gasteiger partial charge in [0.25, 0.3) is 0 Å². The molecular weight excluding hydrogens is 390 g/mol. The first-order valence-corrected chi connectivity index (χ1v) is 9.28. The van der Waals surface area contributed by atoms with Crippen molar-refractivity contribution in [2.24, 2.45) is 5.10 Å². The standard InChI is InChI=1S/C21H23N3O6/c1-3-15-7-5-6-8-16(15)23-20(27)21(28)24-22-12-14-9-10-17(30-13-19(25)26)18(11-14)29-4-2/h5-12H,3-4,13H2,1-2H3,(H,23,27)(H,24,28)(H,25,26)/b22-12-. The van der Waals surface area contributed by atoms with Crippen molar-refractivity contribution in [2.45, 2.75) is 20.3 Å². The van der Waals surface area contributed by atoms with Crippen LogP contribution in [0.2, 0.25) is 0 Å². The first-order chi connectivity index (χ1) is 14.4. The van der Waals surface area contributed by atoms with Gasteiger partial charge < -0.3 is 19.9 Å². The van der Waals surface area contributed by atoms with Gasteiger partial charge in [0.15, 0.2) is 18.1 Å². The van der Waals surface area contributed by atoms with Crippen LogP contribution < -0.4 is 20.2 Å². The van der Waals surface area contributed by atoms with Gasteiger partial charge in [0.2, 0.25) is 0 Å². The van der Waals surface area contributed by atoms with Crippen molar-refractivity contribution < 1.29 is 29.0 Å². The fourth-order valence-corrected chi connectivity index (χ4v) is 2.48. The normalized spacial score (nSPS) is 10.5. The van der Waals surface area contributed by atoms with Gasteiger partial charge in [-0.3, -0.25) is 9.59 Å². The summed E-state index contributed by atoms with van der Waals surface area (Å²) in [6.45, 7) is 3.57. The number of carboxylic acid groups (broad SMARTS) is 1. The van der Waals surface area contributed by atoms with Crippen LogP contribution in [0.5, 0.6) is 11.5 Å². The van der Waals surface area contributed by atoms with Crippen molar-refractivity contribution >= 4 is 29.7 Å². The summed E-state index contributed by atoms with van der Waals surface area (Å²) in [5.41, 5.74) is 4.20. The first kappa shape index (κ1) is 22.4. The summed E-state index contributed by atoms with van der Waals surface area (Å²) >= 11 is 0. The number of amides is 2. The zero-order chi connectivity index (χ0) is 21.9. The molecule has 0 heterocycles. The van der Waals surface area contributed by atoms with E-state index in [2.05, 4.69) is 15.8 Å². The average Bonchev–Trinajstić information content (AvgIpc) is 2.73. The lowest BCUT2D eigenvalue weighted by Crippen LogP contribution is -2.32. The van der Waals surface area contributed by atoms with Crippen LogP contribution in [-0.2, 0) is 20.8 Å². The number of hydrogen-bond acceptors (Lipinski definition) is 6. The minimum absolute atomic E-state index is 0.273. The summed E-state index contributed by atoms with van der Waals surface area (Å²) in [7, 11) is 0. The molecule has 0 radical (unpaired) electrons. The van der Waals surface area contributed by atoms with Crippen molar-refractivity contribution in [1.29, 1.82) is 0 Å². The van der Waals surface area contributed by atoms with Crippen LogP contribution in [-0.4, -0.2) is 42.3 Å². The van der Waals surface area contributed by atoms with Crippen LogP contribution in [0.25, 0.3) is 0 Å². The Balaban J connectivity index is 1.99. The summed E-state index contributed by atoms with van der Waals surface area (Å²) < 4.78 is 10.6. The monoisotopic (exact) mass is 413 g/mol. The molecule has 0 unspecified atom stereocenters. The molecular formula is C21H23N3O6. The summed E-state index contributed by atoms with van der Waals surface area (Å²) in [4.78, 5) is 34.7. The number of nitrogens with zero attached hydrogens (tertiary/aromatic N) is 1. The lowest BCUT2D eigenvalue weighted by Gasteiger charge is -2.11. The van der Waals surface area contributed by atoms with E-state index in [-0.39, 0.29) is 5.75 Å². The van der Waals surface area contributed by atoms with E-state index in [1.807, 2.05) is 19.1 Å². The Morgan fingerprint density at radius 2 is 1.80 bits per heavy atom. The summed E-state index contributed by atoms with van der Waals surface area (Å²) in [5, 5.41) is 15.1. The lowest BCUT2D eigenvalue weighted by atomic mass is 10.1. The van der Waals surface area contributed by atoms with E-state index >= 15 is 0 Å². The number of aryl methyl sites for hydroxylation is 1. The number of carbonyl (C=O) groups excluding carboxylic acids is 2. The van der Waals surface area contributed by atoms with E-state index in [1.165, 1.54) is 12.3 Å². The van der Waals surface area contributed by atoms with Crippen LogP contribution in [0.3, 0.4) is 0 Å². The molecule has 0 aliphatic rings. The second-order valence-electron chi connectivity index (χ2n) is 5.99. The zero-order valence-corrected chi connectivity index (χ0v) is 16.7. The minimum Gasteiger partial charge on any atom is -0.490 e. The van der Waals surface area contributed by atoms with Gasteiger partial charge in [0.1, 0.15) is 0 Å². The highest BCUT2D eigenvalue weighted by Gasteiger charge is 2.14. The number of nitrogens with one attached hydrogen (secondary N) is 2. The van der Waals surface area contributed by atoms with Crippen LogP contribution >= 0.6 is 0 Å². The topological polar surface area (TPSA) is 126 Å². The van der Waals surface area contributed by atoms with E-state index in [9.17, 15) is 14.4 Å². The van der Waals surface area contributed by atoms with E-state index in [4.69, 9.17) is 14.6 Å². The van der Waals surface area contributed by atoms with Gasteiger partial charge >= 0.3 is 17.8 Å². The number of anilines is 1. The highest BCUT2D eigenvalue weighted by Crippen LogP contribution is 2.28. The summed E-state index contributed by atoms with van der Waals surface area (Å²) in [6.07, 6.45) is 2.04. The Hall–Kier alpha value is -3.88. The fourth-order valence-electron chi connectivity index (χ4n) is 2.48. The Kier molecular flexibility index (Phi) is 8.37. The number of carbonyl (C=O) groups is 3. The maximum atomic E-state index is 12.1. The number of ether oxygens (including phenoxy) is 2. The van der Waals surface area contributed by atoms with Crippen molar-refractivity contribution in [3.05, 3.63) is 53.6 Å². The smallest absolute Gasteiger partial charge is 0.341 e. The molecule has 0 atom stereocenters. The number of aliphatic carboxylic acids is 1. The molecule has 9 nitrogen and oxygen atoms in total. The highest BCUT2D eigenvalue weighted by molar-refractivity contribution is 6.39. The van der Waals surface area contributed by atoms with E-state index < -0.39 is 24.4 Å². The first-order valence-electron chi connectivity index (χ1n) is 9.28. The van der Waals surface area contributed by atoms with Crippen molar-refractivity contribution in [3.8, 4) is 11.5 Å². The Labute approximate surface area is 173 Å². The predicted molar refractivity (Wildman–Crippen MR) is 111 cm³/mol. The van der Waals surface area contributed by atoms with E-state index in [0.717, 1.165) is 5.56 Å². The van der Waals surface area contributed by atoms with E-state index in [1.54, 1.807) is 31.2 Å². The van der Waals surface area contributed by atoms with Gasteiger partial charge in [-0.2, -0.15) is 5.10 Å². The second kappa shape index (κ2) is 11.2. The van der Waals surface area contributed by atoms with Crippen LogP contribution in [0.1, 0.15) is 25.0 Å². The van der Waals surface area contributed by atoms with Crippen LogP contribution in [0.4, 0.5) is 5.69 Å². The number of hydrogen-bond donors (Lipinski definition) is 3. The van der Waals surface area contributed by atoms with Crippen molar-refractivity contribution in [3.63, 3.8) is 0 Å². The maximum Gasteiger partial charge on any atom is 0.341 e. The second-order valence-corrected chi connectivity index (χ2v) is 5.99. The highest BCUT2D eigenvalue weighted by atomic mass is 16.5. The number of benzene rings is 2. The molecule has 0 aliphatic carbocycles. The quantitative estimate of drug-likeness (QED) is 0.329. The molecule has 0 aromatic heterocycles. The molecule has 30 heavy (non-hydrogen) atoms. The largest absolute Gasteiger partial charge is 0.490 e. The molecule has 0 saturated heterocycles. The molecule has 2 amide bonds. The summed E-state index contributed by atoms with van der Waals surface area (Å²) in [5.74, 6) is -2.24. The van der Waals surface area contributed by atoms with Crippen molar-refractivity contribution in [1.82, 2.24) is 5.43 Å². The molecule has 2 aromatic carbocycles. The number of rotatable bonds is 9. The van der Waals surface area contributed by atoms with Crippen molar-refractivity contribution in [2.75, 3.05) is 18.5 Å². The Bertz CT molecular complexity index is 942. The molecule has 9 heteroatoms. The molecule has 0 spiro atoms. The Morgan fingerprint density at radius 3 is 2.50 bits per heavy atom. The van der Waals surface area contributed by atoms with Crippen LogP contribution in [0.15, 0.2) is 47.6 Å². The third-order valence-electron chi connectivity index (χ3n) is 3.85. The third-order valence-corrected chi connectivity index (χ3v) is 3.85. The van der Waals surface area contributed by atoms with Gasteiger partial charge in [0, 0.05) is 5.69 Å². The van der Waals surface area contributed by atoms with Gasteiger partial charge in [-0.05, 0) is 48.7 Å². The molecule has 0 aliphatic heterocycles. The molecule has 2 aromatic rings. The zero-order valence-electron chi connectivity index (χ0n) is 16.7. The molecule has 0 bridgehead atoms. The average molecular weight is 413 g/mol. The fraction of sp³-hybridized carbons (Fsp3) is 0.238. The Morgan fingerprint density at radius 1 is 1.03 bits per heavy atom. The van der Waals surface area contributed by atoms with Gasteiger partial charge in [-0.15, -0.1) is 0 Å². The lowest BCUT2D eigenvalue weighted by molar-refractivity contribution is -0.139. The van der Waals surface area contributed by atoms with Gasteiger partial charge in [-0.25, -0.2) is 10.2 Å². The SMILES string of the molecule is CCOc1cc(/C=N\NC(=O)C(=O)Nc2ccccc2CC)ccc1OCC(=O)O. The number of para-hydroxylation sites is 1. The summed E-state index contributed by atoms with van der Waals surface area (Å²) in [6, 6.07) is 11.9. The number of hydrazone groups is 1. The van der Waals surface area contributed by atoms with E-state index in [0.29, 0.717) is 30.0 Å². The minimum atomic E-state index is -1.11. The van der Waals surface area contributed by atoms with Crippen LogP contribution in [0, 0.1) is 0 Å². The van der Waals surface area contributed by atoms with Gasteiger partial charge in [0.05, 0.1) is 12.8 Å². The molecule has 158 valence electrons. The number of carboxylic acids is 1. The predicted octanol–water partition coefficient (Wildman–Crippen LogP) is 2.20. The molecule has 0 fully saturated rings. The third kappa shape index (κ3) is 6.62. The molecule has 0 saturated carbocycles. The molecule has 2 rings (SSSR count). The molecule has 3 N–H and O–H groups in total.